The molecule has 2 amide bonds. The highest BCUT2D eigenvalue weighted by Crippen LogP contribution is 2.47. The fraction of sp³-hybridized carbons (Fsp3) is 0.400. The molecule has 1 atom stereocenters. The maximum atomic E-state index is 14.2. The number of alkyl halides is 3. The van der Waals surface area contributed by atoms with E-state index < -0.39 is 36.4 Å². The van der Waals surface area contributed by atoms with E-state index in [1.807, 2.05) is 0 Å². The summed E-state index contributed by atoms with van der Waals surface area (Å²) in [7, 11) is -0.180. The van der Waals surface area contributed by atoms with Crippen molar-refractivity contribution in [3.63, 3.8) is 0 Å². The second kappa shape index (κ2) is 16.1. The molecule has 15 nitrogen and oxygen atoms in total. The number of pyridine rings is 1. The minimum Gasteiger partial charge on any atom is -0.495 e. The molecule has 1 aliphatic heterocycles. The van der Waals surface area contributed by atoms with Crippen LogP contribution in [0.25, 0.3) is 11.3 Å². The largest absolute Gasteiger partial charge is 0.495 e. The summed E-state index contributed by atoms with van der Waals surface area (Å²) in [5, 5.41) is 27.5. The first-order valence-electron chi connectivity index (χ1n) is 16.9. The zero-order chi connectivity index (χ0) is 39.4. The van der Waals surface area contributed by atoms with Crippen LogP contribution in [-0.2, 0) is 28.0 Å². The van der Waals surface area contributed by atoms with Crippen molar-refractivity contribution in [1.82, 2.24) is 29.7 Å². The van der Waals surface area contributed by atoms with Gasteiger partial charge in [-0.2, -0.15) is 18.2 Å². The van der Waals surface area contributed by atoms with Crippen LogP contribution in [-0.4, -0.2) is 99.2 Å². The van der Waals surface area contributed by atoms with Gasteiger partial charge in [-0.25, -0.2) is 9.97 Å². The van der Waals surface area contributed by atoms with E-state index in [2.05, 4.69) is 30.9 Å². The Hall–Kier alpha value is -5.03. The number of rotatable bonds is 15. The Balaban J connectivity index is 1.48. The van der Waals surface area contributed by atoms with Crippen LogP contribution in [0.5, 0.6) is 5.75 Å². The molecule has 54 heavy (non-hydrogen) atoms. The number of anilines is 4. The summed E-state index contributed by atoms with van der Waals surface area (Å²) in [4.78, 5) is 40.3. The van der Waals surface area contributed by atoms with E-state index in [-0.39, 0.29) is 72.8 Å². The Morgan fingerprint density at radius 3 is 2.44 bits per heavy atom. The molecule has 0 radical (unpaired) electrons. The van der Waals surface area contributed by atoms with Crippen LogP contribution in [0.3, 0.4) is 0 Å². The number of likely N-dealkylation sites (tertiary alicyclic amines) is 1. The van der Waals surface area contributed by atoms with E-state index in [1.54, 1.807) is 48.9 Å². The summed E-state index contributed by atoms with van der Waals surface area (Å²) in [6, 6.07) is 9.30. The number of halogens is 3. The molecule has 0 saturated carbocycles. The van der Waals surface area contributed by atoms with Crippen molar-refractivity contribution in [3.05, 3.63) is 71.3 Å². The molecule has 1 aliphatic rings. The van der Waals surface area contributed by atoms with Crippen molar-refractivity contribution in [1.29, 1.82) is 0 Å². The third-order valence-electron chi connectivity index (χ3n) is 8.39. The summed E-state index contributed by atoms with van der Waals surface area (Å²) in [5.74, 6) is -1.68. The van der Waals surface area contributed by atoms with Gasteiger partial charge in [-0.1, -0.05) is 6.07 Å². The lowest BCUT2D eigenvalue weighted by atomic mass is 9.96. The number of carbonyl (C=O) groups is 2. The predicted molar refractivity (Wildman–Crippen MR) is 195 cm³/mol. The summed E-state index contributed by atoms with van der Waals surface area (Å²) in [6.07, 6.45) is -2.17. The van der Waals surface area contributed by atoms with Gasteiger partial charge in [0.05, 0.1) is 49.5 Å². The van der Waals surface area contributed by atoms with Crippen molar-refractivity contribution < 1.29 is 46.8 Å². The third kappa shape index (κ3) is 9.36. The van der Waals surface area contributed by atoms with Crippen molar-refractivity contribution >= 4 is 42.3 Å². The van der Waals surface area contributed by atoms with Gasteiger partial charge in [0.15, 0.2) is 5.69 Å². The second-order valence-electron chi connectivity index (χ2n) is 13.0. The number of nitrogens with zero attached hydrogens (tertiary/aromatic N) is 5. The second-order valence-corrected chi connectivity index (χ2v) is 15.6. The molecule has 4 heterocycles. The molecular weight excluding hydrogens is 732 g/mol. The molecule has 290 valence electrons. The first kappa shape index (κ1) is 40.2. The number of ether oxygens (including phenoxy) is 1. The zero-order valence-corrected chi connectivity index (χ0v) is 31.2. The third-order valence-corrected chi connectivity index (χ3v) is 10.1. The highest BCUT2D eigenvalue weighted by atomic mass is 31.2. The topological polar surface area (TPSA) is 193 Å². The Kier molecular flexibility index (Phi) is 12.0. The minimum absolute atomic E-state index is 0.104. The van der Waals surface area contributed by atoms with Crippen molar-refractivity contribution in [2.24, 2.45) is 0 Å². The maximum absolute atomic E-state index is 14.2. The number of hydrogen-bond donors (Lipinski definition) is 5. The monoisotopic (exact) mass is 774 g/mol. The van der Waals surface area contributed by atoms with Gasteiger partial charge in [-0.3, -0.25) is 14.2 Å². The lowest BCUT2D eigenvalue weighted by Gasteiger charge is -2.44. The van der Waals surface area contributed by atoms with Crippen LogP contribution in [0.2, 0.25) is 0 Å². The van der Waals surface area contributed by atoms with E-state index in [0.717, 1.165) is 0 Å². The number of carbonyl (C=O) groups excluding carboxylic acids is 2. The van der Waals surface area contributed by atoms with Gasteiger partial charge in [0, 0.05) is 51.0 Å². The molecule has 1 aromatic carbocycles. The molecule has 5 rings (SSSR count). The van der Waals surface area contributed by atoms with E-state index in [4.69, 9.17) is 9.26 Å². The van der Waals surface area contributed by atoms with E-state index in [0.29, 0.717) is 36.0 Å². The Morgan fingerprint density at radius 1 is 1.09 bits per heavy atom. The first-order valence-corrected chi connectivity index (χ1v) is 19.2. The molecule has 1 saturated heterocycles. The van der Waals surface area contributed by atoms with E-state index in [9.17, 15) is 37.5 Å². The quantitative estimate of drug-likeness (QED) is 0.0988. The van der Waals surface area contributed by atoms with Gasteiger partial charge in [0.2, 0.25) is 13.3 Å². The molecule has 5 N–H and O–H groups in total. The number of methoxy groups -OCH3 is 1. The zero-order valence-electron chi connectivity index (χ0n) is 30.3. The summed E-state index contributed by atoms with van der Waals surface area (Å²) in [5.41, 5.74) is -0.659. The Labute approximate surface area is 309 Å². The van der Waals surface area contributed by atoms with E-state index >= 15 is 0 Å². The SMILES string of the molecule is CCOP(C)(=O)Cc1ccc(Nc2ncc(C(F)(F)F)c(Nc3ccc(-c4cc(C(=O)N5CC(C)(O)C5)n(CCCO)c4)nc3C(=O)NC)n2)c(OC)c1. The molecule has 0 aliphatic carbocycles. The van der Waals surface area contributed by atoms with Gasteiger partial charge in [0.25, 0.3) is 11.8 Å². The highest BCUT2D eigenvalue weighted by Gasteiger charge is 2.40. The molecule has 1 fully saturated rings. The molecule has 0 spiro atoms. The maximum Gasteiger partial charge on any atom is 0.421 e. The summed E-state index contributed by atoms with van der Waals surface area (Å²) < 4.78 is 67.9. The lowest BCUT2D eigenvalue weighted by Crippen LogP contribution is -2.61. The number of aromatic nitrogens is 4. The minimum atomic E-state index is -4.89. The van der Waals surface area contributed by atoms with Gasteiger partial charge in [-0.15, -0.1) is 0 Å². The smallest absolute Gasteiger partial charge is 0.421 e. The highest BCUT2D eigenvalue weighted by molar-refractivity contribution is 7.57. The average molecular weight is 775 g/mol. The Bertz CT molecular complexity index is 2070. The van der Waals surface area contributed by atoms with Crippen molar-refractivity contribution in [2.45, 2.75) is 44.8 Å². The fourth-order valence-corrected chi connectivity index (χ4v) is 7.43. The van der Waals surface area contributed by atoms with Crippen LogP contribution in [0.4, 0.5) is 36.3 Å². The van der Waals surface area contributed by atoms with Crippen LogP contribution < -0.4 is 20.7 Å². The number of hydrogen-bond acceptors (Lipinski definition) is 12. The van der Waals surface area contributed by atoms with Gasteiger partial charge >= 0.3 is 6.18 Å². The van der Waals surface area contributed by atoms with Crippen LogP contribution in [0.1, 0.15) is 52.4 Å². The van der Waals surface area contributed by atoms with Gasteiger partial charge in [-0.05, 0) is 56.2 Å². The number of nitrogens with one attached hydrogen (secondary N) is 3. The first-order chi connectivity index (χ1) is 25.5. The van der Waals surface area contributed by atoms with Crippen LogP contribution in [0, 0.1) is 0 Å². The Morgan fingerprint density at radius 2 is 1.81 bits per heavy atom. The predicted octanol–water partition coefficient (Wildman–Crippen LogP) is 5.25. The number of aliphatic hydroxyl groups is 2. The van der Waals surface area contributed by atoms with Crippen molar-refractivity contribution in [3.8, 4) is 17.0 Å². The van der Waals surface area contributed by atoms with E-state index in [1.165, 1.54) is 37.9 Å². The van der Waals surface area contributed by atoms with Gasteiger partial charge < -0.3 is 44.9 Å². The molecule has 0 bridgehead atoms. The number of aliphatic hydroxyl groups excluding tert-OH is 1. The normalized spacial score (nSPS) is 14.9. The molecule has 3 aromatic heterocycles. The van der Waals surface area contributed by atoms with Crippen LogP contribution in [0.15, 0.2) is 48.8 Å². The number of aryl methyl sites for hydroxylation is 1. The number of amides is 2. The number of β-amino-alcohol motifs (C(OH)–C–C–N with tert-alkyl or cyclic N) is 1. The van der Waals surface area contributed by atoms with Crippen molar-refractivity contribution in [2.75, 3.05) is 57.8 Å². The van der Waals surface area contributed by atoms with Gasteiger partial charge in [0.1, 0.15) is 22.8 Å². The fourth-order valence-electron chi connectivity index (χ4n) is 5.93. The molecule has 1 unspecified atom stereocenters. The number of benzene rings is 1. The lowest BCUT2D eigenvalue weighted by molar-refractivity contribution is -0.137. The summed E-state index contributed by atoms with van der Waals surface area (Å²) in [6.45, 7) is 5.62. The standard InChI is InChI=1S/C35H42F3N8O7P/c1-6-53-54(5,51)18-21-8-9-25(28(14-21)52-4)43-33-40-16-23(35(36,37)38)30(44-33)42-26-11-10-24(41-29(26)31(48)39-3)22-15-27(45(17-22)12-7-13-47)32(49)46-19-34(2,50)20-46/h8-11,14-17,47,50H,6-7,12-13,18-20H2,1-5H3,(H,39,48)(H2,40,42,43,44). The average Bonchev–Trinajstić information content (AvgIpc) is 3.53. The molecule has 4 aromatic rings. The van der Waals surface area contributed by atoms with Crippen LogP contribution >= 0.6 is 7.37 Å². The molecular formula is C35H42F3N8O7P. The summed E-state index contributed by atoms with van der Waals surface area (Å²) >= 11 is 0. The molecule has 19 heteroatoms.